The Balaban J connectivity index is 1.78. The van der Waals surface area contributed by atoms with E-state index >= 15 is 0 Å². The van der Waals surface area contributed by atoms with Crippen LogP contribution in [-0.2, 0) is 9.53 Å². The number of hydrogen-bond acceptors (Lipinski definition) is 4. The van der Waals surface area contributed by atoms with E-state index in [0.29, 0.717) is 12.2 Å². The van der Waals surface area contributed by atoms with Crippen molar-refractivity contribution in [2.45, 2.75) is 44.8 Å². The second-order valence-corrected chi connectivity index (χ2v) is 8.63. The maximum absolute atomic E-state index is 13.6. The molecular weight excluding hydrogens is 426 g/mol. The highest BCUT2D eigenvalue weighted by Crippen LogP contribution is 2.41. The quantitative estimate of drug-likeness (QED) is 0.476. The van der Waals surface area contributed by atoms with Crippen molar-refractivity contribution in [2.24, 2.45) is 0 Å². The zero-order chi connectivity index (χ0) is 23.5. The van der Waals surface area contributed by atoms with Gasteiger partial charge in [-0.2, -0.15) is 0 Å². The highest BCUT2D eigenvalue weighted by molar-refractivity contribution is 5.80. The van der Waals surface area contributed by atoms with Gasteiger partial charge in [0, 0.05) is 12.0 Å². The van der Waals surface area contributed by atoms with Crippen molar-refractivity contribution in [3.05, 3.63) is 77.9 Å². The van der Waals surface area contributed by atoms with Crippen LogP contribution in [0.4, 0.5) is 8.78 Å². The largest absolute Gasteiger partial charge is 0.489 e. The minimum absolute atomic E-state index is 0.0130. The van der Waals surface area contributed by atoms with E-state index in [1.54, 1.807) is 24.3 Å². The number of ether oxygens (including phenoxy) is 2. The molecule has 4 nitrogen and oxygen atoms in total. The highest BCUT2D eigenvalue weighted by atomic mass is 19.1. The van der Waals surface area contributed by atoms with Gasteiger partial charge in [0.25, 0.3) is 0 Å². The molecule has 1 aliphatic rings. The number of rotatable bonds is 6. The summed E-state index contributed by atoms with van der Waals surface area (Å²) in [6.45, 7) is 4.16. The maximum atomic E-state index is 13.6. The van der Waals surface area contributed by atoms with Gasteiger partial charge in [0.2, 0.25) is 0 Å². The van der Waals surface area contributed by atoms with Crippen molar-refractivity contribution in [2.75, 3.05) is 6.61 Å². The molecule has 6 heteroatoms. The topological polar surface area (TPSA) is 55.8 Å². The zero-order valence-electron chi connectivity index (χ0n) is 18.6. The molecule has 3 aromatic carbocycles. The summed E-state index contributed by atoms with van der Waals surface area (Å²) in [5.41, 5.74) is 4.16. The lowest BCUT2D eigenvalue weighted by Crippen LogP contribution is -2.36. The lowest BCUT2D eigenvalue weighted by Gasteiger charge is -2.27. The van der Waals surface area contributed by atoms with E-state index < -0.39 is 18.2 Å². The van der Waals surface area contributed by atoms with Crippen LogP contribution in [0, 0.1) is 11.6 Å². The first-order chi connectivity index (χ1) is 15.8. The predicted molar refractivity (Wildman–Crippen MR) is 122 cm³/mol. The smallest absolute Gasteiger partial charge is 0.308 e. The van der Waals surface area contributed by atoms with E-state index in [0.717, 1.165) is 27.8 Å². The normalized spacial score (nSPS) is 18.3. The Hall–Kier alpha value is -3.25. The van der Waals surface area contributed by atoms with Gasteiger partial charge in [-0.25, -0.2) is 8.78 Å². The van der Waals surface area contributed by atoms with E-state index in [9.17, 15) is 18.7 Å². The highest BCUT2D eigenvalue weighted by Gasteiger charge is 2.28. The third kappa shape index (κ3) is 5.40. The summed E-state index contributed by atoms with van der Waals surface area (Å²) in [4.78, 5) is 11.7. The van der Waals surface area contributed by atoms with Crippen LogP contribution in [0.25, 0.3) is 22.3 Å². The summed E-state index contributed by atoms with van der Waals surface area (Å²) in [6.07, 6.45) is -1.01. The fourth-order valence-corrected chi connectivity index (χ4v) is 4.03. The molecule has 2 atom stereocenters. The van der Waals surface area contributed by atoms with Crippen molar-refractivity contribution in [1.29, 1.82) is 0 Å². The predicted octanol–water partition coefficient (Wildman–Crippen LogP) is 5.87. The number of benzene rings is 3. The van der Waals surface area contributed by atoms with Crippen molar-refractivity contribution in [3.8, 4) is 28.0 Å². The number of halogens is 2. The van der Waals surface area contributed by atoms with Crippen LogP contribution in [0.2, 0.25) is 0 Å². The molecule has 1 aliphatic heterocycles. The first-order valence-corrected chi connectivity index (χ1v) is 11.0. The Morgan fingerprint density at radius 3 is 2.15 bits per heavy atom. The Kier molecular flexibility index (Phi) is 6.75. The molecule has 1 unspecified atom stereocenters. The molecule has 0 bridgehead atoms. The van der Waals surface area contributed by atoms with Gasteiger partial charge < -0.3 is 14.6 Å². The van der Waals surface area contributed by atoms with Gasteiger partial charge in [0.15, 0.2) is 0 Å². The van der Waals surface area contributed by atoms with E-state index in [4.69, 9.17) is 9.47 Å². The zero-order valence-corrected chi connectivity index (χ0v) is 18.6. The average molecular weight is 452 g/mol. The van der Waals surface area contributed by atoms with Crippen LogP contribution < -0.4 is 4.74 Å². The fourth-order valence-electron chi connectivity index (χ4n) is 4.03. The lowest BCUT2D eigenvalue weighted by molar-refractivity contribution is -0.162. The van der Waals surface area contributed by atoms with E-state index in [1.165, 1.54) is 24.3 Å². The molecule has 3 aromatic rings. The minimum Gasteiger partial charge on any atom is -0.489 e. The number of carbonyl (C=O) groups is 1. The van der Waals surface area contributed by atoms with Gasteiger partial charge >= 0.3 is 5.97 Å². The van der Waals surface area contributed by atoms with Gasteiger partial charge in [-0.05, 0) is 64.6 Å². The number of aliphatic hydroxyl groups excluding tert-OH is 1. The van der Waals surface area contributed by atoms with Crippen molar-refractivity contribution in [1.82, 2.24) is 0 Å². The number of aliphatic hydroxyl groups is 1. The molecule has 0 spiro atoms. The van der Waals surface area contributed by atoms with Gasteiger partial charge in [-0.15, -0.1) is 0 Å². The monoisotopic (exact) mass is 452 g/mol. The Bertz CT molecular complexity index is 1120. The second-order valence-electron chi connectivity index (χ2n) is 8.63. The Morgan fingerprint density at radius 2 is 1.58 bits per heavy atom. The number of esters is 1. The first kappa shape index (κ1) is 22.9. The number of carbonyl (C=O) groups excluding carboxylic acids is 1. The SMILES string of the molecule is CC(C)c1cc(-c2ccc(F)cc2)cc(-c2ccc(F)cc2)c1OCC1C[C@@H](O)CC(=O)O1. The maximum Gasteiger partial charge on any atom is 0.308 e. The van der Waals surface area contributed by atoms with Gasteiger partial charge in [-0.1, -0.05) is 38.1 Å². The second kappa shape index (κ2) is 9.71. The van der Waals surface area contributed by atoms with Crippen LogP contribution in [-0.4, -0.2) is 29.9 Å². The molecule has 1 heterocycles. The molecule has 0 aliphatic carbocycles. The number of hydrogen-bond donors (Lipinski definition) is 1. The standard InChI is InChI=1S/C27H26F2O4/c1-16(2)24-11-19(17-3-7-20(28)8-4-17)12-25(18-5-9-21(29)10-6-18)27(24)32-15-23-13-22(30)14-26(31)33-23/h3-12,16,22-23,30H,13-15H2,1-2H3/t22-,23?/m1/s1. The molecule has 172 valence electrons. The van der Waals surface area contributed by atoms with E-state index in [1.807, 2.05) is 26.0 Å². The van der Waals surface area contributed by atoms with Gasteiger partial charge in [0.05, 0.1) is 12.5 Å². The molecule has 33 heavy (non-hydrogen) atoms. The van der Waals surface area contributed by atoms with Crippen LogP contribution >= 0.6 is 0 Å². The summed E-state index contributed by atoms with van der Waals surface area (Å²) < 4.78 is 38.7. The molecule has 1 N–H and O–H groups in total. The summed E-state index contributed by atoms with van der Waals surface area (Å²) >= 11 is 0. The minimum atomic E-state index is -0.748. The van der Waals surface area contributed by atoms with Crippen molar-refractivity contribution in [3.63, 3.8) is 0 Å². The summed E-state index contributed by atoms with van der Waals surface area (Å²) in [6, 6.07) is 16.3. The Labute approximate surface area is 191 Å². The molecule has 1 saturated heterocycles. The van der Waals surface area contributed by atoms with Gasteiger partial charge in [0.1, 0.15) is 30.1 Å². The van der Waals surface area contributed by atoms with E-state index in [-0.39, 0.29) is 30.6 Å². The average Bonchev–Trinajstić information content (AvgIpc) is 2.77. The van der Waals surface area contributed by atoms with Crippen molar-refractivity contribution < 1.29 is 28.2 Å². The van der Waals surface area contributed by atoms with Crippen LogP contribution in [0.3, 0.4) is 0 Å². The first-order valence-electron chi connectivity index (χ1n) is 11.0. The summed E-state index contributed by atoms with van der Waals surface area (Å²) in [5.74, 6) is -0.414. The van der Waals surface area contributed by atoms with Gasteiger partial charge in [-0.3, -0.25) is 4.79 Å². The Morgan fingerprint density at radius 1 is 0.970 bits per heavy atom. The molecule has 0 amide bonds. The molecule has 0 radical (unpaired) electrons. The van der Waals surface area contributed by atoms with Crippen molar-refractivity contribution >= 4 is 5.97 Å². The summed E-state index contributed by atoms with van der Waals surface area (Å²) in [5, 5.41) is 9.91. The molecular formula is C27H26F2O4. The van der Waals surface area contributed by atoms with Crippen LogP contribution in [0.15, 0.2) is 60.7 Å². The fraction of sp³-hybridized carbons (Fsp3) is 0.296. The number of cyclic esters (lactones) is 1. The van der Waals surface area contributed by atoms with E-state index in [2.05, 4.69) is 0 Å². The van der Waals surface area contributed by atoms with Crippen LogP contribution in [0.5, 0.6) is 5.75 Å². The molecule has 0 saturated carbocycles. The third-order valence-corrected chi connectivity index (χ3v) is 5.72. The van der Waals surface area contributed by atoms with Crippen LogP contribution in [0.1, 0.15) is 38.2 Å². The lowest BCUT2D eigenvalue weighted by atomic mass is 9.90. The molecule has 1 fully saturated rings. The third-order valence-electron chi connectivity index (χ3n) is 5.72. The molecule has 4 rings (SSSR count). The summed E-state index contributed by atoms with van der Waals surface area (Å²) in [7, 11) is 0. The molecule has 0 aromatic heterocycles.